The minimum atomic E-state index is -4.42. The number of halogens is 6. The lowest BCUT2D eigenvalue weighted by Gasteiger charge is -2.12. The van der Waals surface area contributed by atoms with Crippen LogP contribution in [0.25, 0.3) is 20.8 Å². The third-order valence-electron chi connectivity index (χ3n) is 2.94. The third-order valence-corrected chi connectivity index (χ3v) is 7.19. The van der Waals surface area contributed by atoms with Gasteiger partial charge < -0.3 is 0 Å². The molecule has 2 nitrogen and oxygen atoms in total. The maximum Gasteiger partial charge on any atom is 0.416 e. The van der Waals surface area contributed by atoms with E-state index in [1.807, 2.05) is 0 Å². The first kappa shape index (κ1) is 16.4. The second-order valence-electron chi connectivity index (χ2n) is 4.34. The quantitative estimate of drug-likeness (QED) is 0.268. The van der Waals surface area contributed by atoms with Gasteiger partial charge in [-0.05, 0) is 66.0 Å². The Bertz CT molecular complexity index is 939. The molecule has 0 N–H and O–H groups in total. The highest BCUT2D eigenvalue weighted by atomic mass is 79.9. The lowest BCUT2D eigenvalue weighted by atomic mass is 10.2. The van der Waals surface area contributed by atoms with Crippen molar-refractivity contribution < 1.29 is 13.2 Å². The zero-order valence-electron chi connectivity index (χ0n) is 10.3. The van der Waals surface area contributed by atoms with Crippen molar-refractivity contribution in [3.05, 3.63) is 47.4 Å². The maximum atomic E-state index is 12.8. The number of fused-ring (bicyclic) bond motifs is 2. The number of hydrogen-bond acceptors (Lipinski definition) is 3. The topological polar surface area (TPSA) is 30.0 Å². The molecule has 0 aromatic heterocycles. The van der Waals surface area contributed by atoms with Crippen molar-refractivity contribution in [3.63, 3.8) is 0 Å². The number of aromatic nitrogens is 1. The molecule has 3 rings (SSSR count). The molecule has 2 aliphatic rings. The monoisotopic (exact) mass is 515 g/mol. The van der Waals surface area contributed by atoms with Gasteiger partial charge in [0, 0.05) is 0 Å². The first-order valence-electron chi connectivity index (χ1n) is 5.68. The van der Waals surface area contributed by atoms with Gasteiger partial charge >= 0.3 is 6.18 Å². The Balaban J connectivity index is 2.43. The molecule has 0 atom stereocenters. The van der Waals surface area contributed by atoms with Gasteiger partial charge in [0.05, 0.1) is 39.8 Å². The Labute approximate surface area is 151 Å². The Morgan fingerprint density at radius 1 is 1.05 bits per heavy atom. The number of nitrogens with zero attached hydrogens (tertiary/aromatic N) is 1. The zero-order valence-corrected chi connectivity index (χ0v) is 15.8. The molecule has 1 aliphatic heterocycles. The van der Waals surface area contributed by atoms with E-state index in [1.54, 1.807) is 0 Å². The van der Waals surface area contributed by atoms with Crippen LogP contribution in [0.4, 0.5) is 13.2 Å². The SMILES string of the molecule is O=c1c(Br)c2sc3ccc(C(F)(F)F)cc3nc-2c(Br)c1Br. The number of rotatable bonds is 0. The highest BCUT2D eigenvalue weighted by molar-refractivity contribution is 9.13. The minimum Gasteiger partial charge on any atom is -0.287 e. The van der Waals surface area contributed by atoms with Crippen molar-refractivity contribution in [1.29, 1.82) is 0 Å². The second-order valence-corrected chi connectivity index (χ2v) is 7.77. The van der Waals surface area contributed by atoms with Gasteiger partial charge in [-0.2, -0.15) is 13.2 Å². The fourth-order valence-electron chi connectivity index (χ4n) is 1.90. The molecule has 0 unspecified atom stereocenters. The summed E-state index contributed by atoms with van der Waals surface area (Å²) in [7, 11) is 0. The molecule has 9 heteroatoms. The summed E-state index contributed by atoms with van der Waals surface area (Å²) in [6.45, 7) is 0. The van der Waals surface area contributed by atoms with E-state index in [9.17, 15) is 18.0 Å². The molecule has 0 radical (unpaired) electrons. The normalized spacial score (nSPS) is 12.3. The summed E-state index contributed by atoms with van der Waals surface area (Å²) in [6.07, 6.45) is -4.42. The summed E-state index contributed by atoms with van der Waals surface area (Å²) >= 11 is 10.9. The van der Waals surface area contributed by atoms with Crippen molar-refractivity contribution >= 4 is 69.3 Å². The fourth-order valence-corrected chi connectivity index (χ4v) is 4.77. The van der Waals surface area contributed by atoms with E-state index in [0.717, 1.165) is 12.1 Å². The summed E-state index contributed by atoms with van der Waals surface area (Å²) in [4.78, 5) is 16.9. The standard InChI is InChI=1S/C13H3Br3F3NOS/c14-7-8(15)11(21)9(16)12-10(7)20-5-3-4(13(17,18)19)1-2-6(5)22-12/h1-3H. The van der Waals surface area contributed by atoms with Gasteiger partial charge in [0.15, 0.2) is 0 Å². The van der Waals surface area contributed by atoms with Crippen LogP contribution in [0.15, 0.2) is 36.4 Å². The summed E-state index contributed by atoms with van der Waals surface area (Å²) in [5, 5.41) is 0. The first-order valence-corrected chi connectivity index (χ1v) is 8.88. The van der Waals surface area contributed by atoms with Crippen molar-refractivity contribution in [3.8, 4) is 10.6 Å². The Hall–Kier alpha value is -0.510. The van der Waals surface area contributed by atoms with Gasteiger partial charge in [0.1, 0.15) is 0 Å². The molecule has 1 aromatic rings. The molecule has 0 saturated heterocycles. The van der Waals surface area contributed by atoms with Crippen LogP contribution in [0.3, 0.4) is 0 Å². The smallest absolute Gasteiger partial charge is 0.287 e. The molecule has 0 amide bonds. The summed E-state index contributed by atoms with van der Waals surface area (Å²) < 4.78 is 40.0. The average Bonchev–Trinajstić information content (AvgIpc) is 2.48. The molecule has 0 spiro atoms. The molecule has 0 fully saturated rings. The fraction of sp³-hybridized carbons (Fsp3) is 0.0769. The zero-order chi connectivity index (χ0) is 16.2. The van der Waals surface area contributed by atoms with Gasteiger partial charge in [-0.1, -0.05) is 0 Å². The third kappa shape index (κ3) is 2.61. The molecule has 0 bridgehead atoms. The van der Waals surface area contributed by atoms with Crippen LogP contribution in [0.5, 0.6) is 0 Å². The van der Waals surface area contributed by atoms with Gasteiger partial charge in [-0.25, -0.2) is 4.98 Å². The highest BCUT2D eigenvalue weighted by Crippen LogP contribution is 2.42. The van der Waals surface area contributed by atoms with Gasteiger partial charge in [-0.15, -0.1) is 11.3 Å². The molecular weight excluding hydrogens is 515 g/mol. The van der Waals surface area contributed by atoms with Crippen LogP contribution in [-0.2, 0) is 6.18 Å². The van der Waals surface area contributed by atoms with E-state index in [4.69, 9.17) is 0 Å². The van der Waals surface area contributed by atoms with Crippen molar-refractivity contribution in [2.45, 2.75) is 6.18 Å². The van der Waals surface area contributed by atoms with Crippen LogP contribution >= 0.6 is 59.1 Å². The molecule has 114 valence electrons. The lowest BCUT2D eigenvalue weighted by molar-refractivity contribution is -0.137. The van der Waals surface area contributed by atoms with E-state index < -0.39 is 11.7 Å². The first-order chi connectivity index (χ1) is 10.2. The highest BCUT2D eigenvalue weighted by Gasteiger charge is 2.31. The number of benzene rings is 2. The summed E-state index contributed by atoms with van der Waals surface area (Å²) in [6, 6.07) is 3.37. The lowest BCUT2D eigenvalue weighted by Crippen LogP contribution is -2.08. The second kappa shape index (κ2) is 5.54. The van der Waals surface area contributed by atoms with Gasteiger partial charge in [0.25, 0.3) is 0 Å². The molecule has 0 saturated carbocycles. The Kier molecular flexibility index (Phi) is 4.12. The summed E-state index contributed by atoms with van der Waals surface area (Å²) in [5.74, 6) is 0. The van der Waals surface area contributed by atoms with Crippen LogP contribution in [0.1, 0.15) is 5.56 Å². The van der Waals surface area contributed by atoms with E-state index in [0.29, 0.717) is 24.2 Å². The maximum absolute atomic E-state index is 12.8. The van der Waals surface area contributed by atoms with E-state index in [2.05, 4.69) is 52.8 Å². The predicted molar refractivity (Wildman–Crippen MR) is 90.6 cm³/mol. The Morgan fingerprint density at radius 3 is 2.36 bits per heavy atom. The van der Waals surface area contributed by atoms with Gasteiger partial charge in [-0.3, -0.25) is 4.79 Å². The average molecular weight is 518 g/mol. The molecule has 1 aromatic carbocycles. The van der Waals surface area contributed by atoms with Crippen LogP contribution < -0.4 is 5.43 Å². The van der Waals surface area contributed by atoms with Crippen molar-refractivity contribution in [1.82, 2.24) is 4.98 Å². The number of hydrogen-bond donors (Lipinski definition) is 0. The van der Waals surface area contributed by atoms with Crippen molar-refractivity contribution in [2.75, 3.05) is 0 Å². The van der Waals surface area contributed by atoms with E-state index in [-0.39, 0.29) is 15.4 Å². The molecule has 22 heavy (non-hydrogen) atoms. The minimum absolute atomic E-state index is 0.227. The van der Waals surface area contributed by atoms with Crippen LogP contribution in [0.2, 0.25) is 0 Å². The predicted octanol–water partition coefficient (Wildman–Crippen LogP) is 6.07. The van der Waals surface area contributed by atoms with Crippen LogP contribution in [-0.4, -0.2) is 4.98 Å². The molecule has 1 aliphatic carbocycles. The molecule has 1 heterocycles. The summed E-state index contributed by atoms with van der Waals surface area (Å²) in [5.41, 5.74) is -0.349. The number of alkyl halides is 3. The largest absolute Gasteiger partial charge is 0.416 e. The molecular formula is C13H3Br3F3NOS. The Morgan fingerprint density at radius 2 is 1.73 bits per heavy atom. The van der Waals surface area contributed by atoms with E-state index in [1.165, 1.54) is 17.4 Å². The van der Waals surface area contributed by atoms with E-state index >= 15 is 0 Å². The van der Waals surface area contributed by atoms with Crippen molar-refractivity contribution in [2.24, 2.45) is 0 Å². The van der Waals surface area contributed by atoms with Gasteiger partial charge in [0.2, 0.25) is 5.43 Å². The van der Waals surface area contributed by atoms with Crippen LogP contribution in [0, 0.1) is 0 Å².